The molecule has 1 aromatic heterocycles. The molecule has 0 N–H and O–H groups in total. The van der Waals surface area contributed by atoms with Crippen molar-refractivity contribution in [3.05, 3.63) is 45.9 Å². The summed E-state index contributed by atoms with van der Waals surface area (Å²) in [4.78, 5) is 1.05. The molecule has 0 aliphatic rings. The fourth-order valence-electron chi connectivity index (χ4n) is 1.52. The third-order valence-corrected chi connectivity index (χ3v) is 4.51. The maximum atomic E-state index is 12.8. The molecular weight excluding hydrogens is 303 g/mol. The highest BCUT2D eigenvalue weighted by atomic mass is 79.9. The molecule has 0 amide bonds. The van der Waals surface area contributed by atoms with Crippen LogP contribution in [0.2, 0.25) is 0 Å². The number of halogens is 2. The van der Waals surface area contributed by atoms with Gasteiger partial charge in [0.2, 0.25) is 0 Å². The molecule has 0 radical (unpaired) electrons. The van der Waals surface area contributed by atoms with Gasteiger partial charge in [-0.1, -0.05) is 0 Å². The Bertz CT molecular complexity index is 522. The molecule has 0 saturated carbocycles. The summed E-state index contributed by atoms with van der Waals surface area (Å²) in [5.41, 5.74) is 2.12. The molecule has 1 heterocycles. The molecule has 0 bridgehead atoms. The van der Waals surface area contributed by atoms with E-state index in [0.29, 0.717) is 0 Å². The van der Waals surface area contributed by atoms with E-state index in [-0.39, 0.29) is 5.82 Å². The van der Waals surface area contributed by atoms with Crippen molar-refractivity contribution < 1.29 is 4.39 Å². The van der Waals surface area contributed by atoms with Crippen LogP contribution in [0.3, 0.4) is 0 Å². The molecule has 0 atom stereocenters. The van der Waals surface area contributed by atoms with Crippen LogP contribution < -0.4 is 0 Å². The van der Waals surface area contributed by atoms with Crippen molar-refractivity contribution in [2.45, 2.75) is 17.6 Å². The summed E-state index contributed by atoms with van der Waals surface area (Å²) in [6.45, 7) is 1.97. The number of hydrogen-bond donors (Lipinski definition) is 0. The van der Waals surface area contributed by atoms with Crippen LogP contribution in [-0.4, -0.2) is 9.78 Å². The normalized spacial score (nSPS) is 10.8. The van der Waals surface area contributed by atoms with Crippen molar-refractivity contribution in [3.63, 3.8) is 0 Å². The smallest absolute Gasteiger partial charge is 0.123 e. The van der Waals surface area contributed by atoms with E-state index in [1.807, 2.05) is 18.7 Å². The van der Waals surface area contributed by atoms with Crippen LogP contribution >= 0.6 is 27.7 Å². The second-order valence-corrected chi connectivity index (χ2v) is 5.55. The van der Waals surface area contributed by atoms with E-state index >= 15 is 0 Å². The Morgan fingerprint density at radius 3 is 2.53 bits per heavy atom. The van der Waals surface area contributed by atoms with Crippen LogP contribution in [0.25, 0.3) is 0 Å². The molecule has 90 valence electrons. The third-order valence-electron chi connectivity index (χ3n) is 2.45. The van der Waals surface area contributed by atoms with Gasteiger partial charge in [0.05, 0.1) is 15.9 Å². The predicted octanol–water partition coefficient (Wildman–Crippen LogP) is 3.92. The lowest BCUT2D eigenvalue weighted by atomic mass is 10.3. The van der Waals surface area contributed by atoms with Crippen molar-refractivity contribution in [1.82, 2.24) is 9.78 Å². The molecule has 0 saturated heterocycles. The summed E-state index contributed by atoms with van der Waals surface area (Å²) in [5.74, 6) is 0.607. The van der Waals surface area contributed by atoms with Crippen LogP contribution in [0.5, 0.6) is 0 Å². The largest absolute Gasteiger partial charge is 0.270 e. The van der Waals surface area contributed by atoms with E-state index in [9.17, 15) is 4.39 Å². The highest BCUT2D eigenvalue weighted by Gasteiger charge is 2.10. The Hall–Kier alpha value is -0.810. The van der Waals surface area contributed by atoms with E-state index in [1.165, 1.54) is 12.1 Å². The highest BCUT2D eigenvalue weighted by molar-refractivity contribution is 9.10. The Balaban J connectivity index is 2.09. The van der Waals surface area contributed by atoms with Crippen LogP contribution in [0.15, 0.2) is 33.6 Å². The average Bonchev–Trinajstić information content (AvgIpc) is 2.54. The molecule has 0 aliphatic carbocycles. The van der Waals surface area contributed by atoms with Crippen molar-refractivity contribution in [1.29, 1.82) is 0 Å². The number of nitrogens with zero attached hydrogens (tertiary/aromatic N) is 2. The Morgan fingerprint density at radius 2 is 2.00 bits per heavy atom. The lowest BCUT2D eigenvalue weighted by Crippen LogP contribution is -1.96. The molecule has 5 heteroatoms. The van der Waals surface area contributed by atoms with Crippen molar-refractivity contribution >= 4 is 27.7 Å². The second kappa shape index (κ2) is 5.23. The van der Waals surface area contributed by atoms with Crippen LogP contribution in [-0.2, 0) is 12.8 Å². The van der Waals surface area contributed by atoms with E-state index in [0.717, 1.165) is 26.5 Å². The average molecular weight is 315 g/mol. The molecule has 0 fully saturated rings. The maximum Gasteiger partial charge on any atom is 0.123 e. The number of rotatable bonds is 3. The molecule has 0 unspecified atom stereocenters. The fraction of sp³-hybridized carbons (Fsp3) is 0.250. The molecule has 1 aromatic carbocycles. The third kappa shape index (κ3) is 2.90. The minimum Gasteiger partial charge on any atom is -0.270 e. The maximum absolute atomic E-state index is 12.8. The summed E-state index contributed by atoms with van der Waals surface area (Å²) in [7, 11) is 1.93. The van der Waals surface area contributed by atoms with E-state index in [1.54, 1.807) is 23.9 Å². The van der Waals surface area contributed by atoms with Gasteiger partial charge in [-0.05, 0) is 47.1 Å². The molecule has 2 rings (SSSR count). The van der Waals surface area contributed by atoms with Gasteiger partial charge in [0.15, 0.2) is 0 Å². The topological polar surface area (TPSA) is 17.8 Å². The molecule has 2 nitrogen and oxygen atoms in total. The predicted molar refractivity (Wildman–Crippen MR) is 71.6 cm³/mol. The van der Waals surface area contributed by atoms with Gasteiger partial charge in [0.25, 0.3) is 0 Å². The van der Waals surface area contributed by atoms with Gasteiger partial charge in [0.1, 0.15) is 5.82 Å². The monoisotopic (exact) mass is 314 g/mol. The zero-order chi connectivity index (χ0) is 12.4. The molecule has 17 heavy (non-hydrogen) atoms. The molecule has 0 spiro atoms. The van der Waals surface area contributed by atoms with Crippen molar-refractivity contribution in [2.75, 3.05) is 0 Å². The zero-order valence-electron chi connectivity index (χ0n) is 9.58. The SMILES string of the molecule is Cc1nn(C)c(CSc2ccc(F)cc2)c1Br. The minimum absolute atomic E-state index is 0.202. The highest BCUT2D eigenvalue weighted by Crippen LogP contribution is 2.28. The number of thioether (sulfide) groups is 1. The fourth-order valence-corrected chi connectivity index (χ4v) is 3.14. The molecule has 2 aromatic rings. The Morgan fingerprint density at radius 1 is 1.35 bits per heavy atom. The number of aromatic nitrogens is 2. The van der Waals surface area contributed by atoms with Gasteiger partial charge in [-0.25, -0.2) is 4.39 Å². The lowest BCUT2D eigenvalue weighted by molar-refractivity contribution is 0.626. The van der Waals surface area contributed by atoms with Crippen LogP contribution in [0.1, 0.15) is 11.4 Å². The zero-order valence-corrected chi connectivity index (χ0v) is 12.0. The van der Waals surface area contributed by atoms with E-state index in [4.69, 9.17) is 0 Å². The first-order valence-corrected chi connectivity index (χ1v) is 6.92. The van der Waals surface area contributed by atoms with Crippen LogP contribution in [0, 0.1) is 12.7 Å². The summed E-state index contributed by atoms with van der Waals surface area (Å²) in [6.07, 6.45) is 0. The lowest BCUT2D eigenvalue weighted by Gasteiger charge is -2.03. The Kier molecular flexibility index (Phi) is 3.89. The number of hydrogen-bond acceptors (Lipinski definition) is 2. The summed E-state index contributed by atoms with van der Waals surface area (Å²) >= 11 is 5.20. The minimum atomic E-state index is -0.202. The Labute approximate surface area is 112 Å². The molecular formula is C12H12BrFN2S. The standard InChI is InChI=1S/C12H12BrFN2S/c1-8-12(13)11(16(2)15-8)7-17-10-5-3-9(14)4-6-10/h3-6H,7H2,1-2H3. The van der Waals surface area contributed by atoms with Crippen molar-refractivity contribution in [3.8, 4) is 0 Å². The van der Waals surface area contributed by atoms with Gasteiger partial charge in [0, 0.05) is 17.7 Å². The number of benzene rings is 1. The van der Waals surface area contributed by atoms with E-state index < -0.39 is 0 Å². The summed E-state index contributed by atoms with van der Waals surface area (Å²) in [5, 5.41) is 4.33. The first kappa shape index (κ1) is 12.6. The van der Waals surface area contributed by atoms with Crippen LogP contribution in [0.4, 0.5) is 4.39 Å². The quantitative estimate of drug-likeness (QED) is 0.799. The van der Waals surface area contributed by atoms with Gasteiger partial charge < -0.3 is 0 Å². The van der Waals surface area contributed by atoms with Crippen molar-refractivity contribution in [2.24, 2.45) is 7.05 Å². The molecule has 0 aliphatic heterocycles. The summed E-state index contributed by atoms with van der Waals surface area (Å²) in [6, 6.07) is 6.53. The summed E-state index contributed by atoms with van der Waals surface area (Å²) < 4.78 is 15.7. The van der Waals surface area contributed by atoms with E-state index in [2.05, 4.69) is 21.0 Å². The van der Waals surface area contributed by atoms with Gasteiger partial charge in [-0.15, -0.1) is 11.8 Å². The first-order valence-electron chi connectivity index (χ1n) is 5.14. The first-order chi connectivity index (χ1) is 8.08. The number of aryl methyl sites for hydroxylation is 2. The van der Waals surface area contributed by atoms with Gasteiger partial charge >= 0.3 is 0 Å². The second-order valence-electron chi connectivity index (χ2n) is 3.71. The van der Waals surface area contributed by atoms with Gasteiger partial charge in [-0.3, -0.25) is 4.68 Å². The van der Waals surface area contributed by atoms with Gasteiger partial charge in [-0.2, -0.15) is 5.10 Å².